The molecule has 1 saturated heterocycles. The normalized spacial score (nSPS) is 22.2. The highest BCUT2D eigenvalue weighted by molar-refractivity contribution is 5.26. The average molecular weight is 302 g/mol. The second-order valence-corrected chi connectivity index (χ2v) is 5.50. The third-order valence-corrected chi connectivity index (χ3v) is 3.73. The summed E-state index contributed by atoms with van der Waals surface area (Å²) < 4.78 is 43.2. The Morgan fingerprint density at radius 2 is 2.00 bits per heavy atom. The number of morpholine rings is 1. The van der Waals surface area contributed by atoms with Crippen molar-refractivity contribution in [3.8, 4) is 0 Å². The van der Waals surface area contributed by atoms with Crippen molar-refractivity contribution in [3.63, 3.8) is 0 Å². The lowest BCUT2D eigenvalue weighted by Crippen LogP contribution is -2.45. The van der Waals surface area contributed by atoms with Crippen LogP contribution in [0.2, 0.25) is 0 Å². The van der Waals surface area contributed by atoms with Gasteiger partial charge in [-0.15, -0.1) is 0 Å². The summed E-state index contributed by atoms with van der Waals surface area (Å²) in [5, 5.41) is 3.31. The third kappa shape index (κ3) is 4.69. The van der Waals surface area contributed by atoms with Crippen LogP contribution < -0.4 is 5.32 Å². The summed E-state index contributed by atoms with van der Waals surface area (Å²) in [4.78, 5) is 2.21. The summed E-state index contributed by atoms with van der Waals surface area (Å²) in [5.74, 6) is 0. The molecule has 1 aliphatic rings. The summed E-state index contributed by atoms with van der Waals surface area (Å²) in [6.45, 7) is 5.15. The van der Waals surface area contributed by atoms with E-state index in [0.29, 0.717) is 6.54 Å². The number of halogens is 3. The Labute approximate surface area is 123 Å². The van der Waals surface area contributed by atoms with Crippen molar-refractivity contribution in [2.75, 3.05) is 33.3 Å². The molecule has 2 rings (SSSR count). The Kier molecular flexibility index (Phi) is 5.24. The smallest absolute Gasteiger partial charge is 0.374 e. The van der Waals surface area contributed by atoms with Gasteiger partial charge in [0, 0.05) is 25.7 Å². The predicted octanol–water partition coefficient (Wildman–Crippen LogP) is 2.69. The lowest BCUT2D eigenvalue weighted by molar-refractivity contribution is -0.137. The monoisotopic (exact) mass is 302 g/mol. The van der Waals surface area contributed by atoms with Gasteiger partial charge in [0.2, 0.25) is 0 Å². The first kappa shape index (κ1) is 16.3. The first-order valence-corrected chi connectivity index (χ1v) is 7.07. The zero-order valence-electron chi connectivity index (χ0n) is 12.3. The molecule has 0 amide bonds. The maximum Gasteiger partial charge on any atom is 0.416 e. The summed E-state index contributed by atoms with van der Waals surface area (Å²) in [6, 6.07) is 5.28. The molecule has 0 unspecified atom stereocenters. The van der Waals surface area contributed by atoms with Gasteiger partial charge in [0.15, 0.2) is 0 Å². The van der Waals surface area contributed by atoms with Gasteiger partial charge in [-0.05, 0) is 31.7 Å². The Morgan fingerprint density at radius 3 is 2.57 bits per heavy atom. The molecular formula is C15H21F3N2O. The molecule has 3 nitrogen and oxygen atoms in total. The molecule has 6 heteroatoms. The van der Waals surface area contributed by atoms with E-state index < -0.39 is 11.7 Å². The zero-order valence-corrected chi connectivity index (χ0v) is 12.3. The minimum atomic E-state index is -4.28. The van der Waals surface area contributed by atoms with Crippen molar-refractivity contribution in [2.45, 2.75) is 25.2 Å². The number of alkyl halides is 3. The molecule has 0 spiro atoms. The van der Waals surface area contributed by atoms with E-state index in [1.165, 1.54) is 12.1 Å². The first-order chi connectivity index (χ1) is 9.86. The van der Waals surface area contributed by atoms with E-state index in [2.05, 4.69) is 17.3 Å². The Balaban J connectivity index is 1.87. The van der Waals surface area contributed by atoms with Crippen LogP contribution in [0.3, 0.4) is 0 Å². The van der Waals surface area contributed by atoms with Gasteiger partial charge >= 0.3 is 6.18 Å². The minimum absolute atomic E-state index is 0.0110. The van der Waals surface area contributed by atoms with Gasteiger partial charge in [0.1, 0.15) is 0 Å². The molecule has 1 aromatic rings. The van der Waals surface area contributed by atoms with E-state index in [4.69, 9.17) is 4.74 Å². The fourth-order valence-electron chi connectivity index (χ4n) is 2.38. The van der Waals surface area contributed by atoms with Crippen molar-refractivity contribution < 1.29 is 17.9 Å². The van der Waals surface area contributed by atoms with E-state index in [-0.39, 0.29) is 12.1 Å². The molecule has 1 aromatic carbocycles. The van der Waals surface area contributed by atoms with Crippen molar-refractivity contribution in [3.05, 3.63) is 35.4 Å². The van der Waals surface area contributed by atoms with Crippen LogP contribution in [0.25, 0.3) is 0 Å². The Hall–Kier alpha value is -1.11. The van der Waals surface area contributed by atoms with Crippen molar-refractivity contribution in [2.24, 2.45) is 0 Å². The summed E-state index contributed by atoms with van der Waals surface area (Å²) in [5.41, 5.74) is 0.225. The fraction of sp³-hybridized carbons (Fsp3) is 0.600. The van der Waals surface area contributed by atoms with Crippen LogP contribution in [-0.2, 0) is 10.9 Å². The average Bonchev–Trinajstić information content (AvgIpc) is 2.44. The second-order valence-electron chi connectivity index (χ2n) is 5.50. The molecule has 0 bridgehead atoms. The van der Waals surface area contributed by atoms with Crippen LogP contribution >= 0.6 is 0 Å². The van der Waals surface area contributed by atoms with Crippen LogP contribution in [0.4, 0.5) is 13.2 Å². The highest BCUT2D eigenvalue weighted by Crippen LogP contribution is 2.29. The van der Waals surface area contributed by atoms with E-state index in [1.807, 2.05) is 6.92 Å². The van der Waals surface area contributed by atoms with Gasteiger partial charge in [-0.1, -0.05) is 12.1 Å². The maximum absolute atomic E-state index is 12.5. The molecule has 1 N–H and O–H groups in total. The van der Waals surface area contributed by atoms with E-state index in [9.17, 15) is 13.2 Å². The molecule has 21 heavy (non-hydrogen) atoms. The van der Waals surface area contributed by atoms with Crippen molar-refractivity contribution in [1.29, 1.82) is 0 Å². The SMILES string of the molecule is C[C@H](NC[C@@H]1CN(C)CCO1)c1ccc(C(F)(F)F)cc1. The maximum atomic E-state index is 12.5. The number of nitrogens with zero attached hydrogens (tertiary/aromatic N) is 1. The van der Waals surface area contributed by atoms with E-state index in [1.54, 1.807) is 0 Å². The van der Waals surface area contributed by atoms with Gasteiger partial charge in [-0.25, -0.2) is 0 Å². The number of nitrogens with one attached hydrogen (secondary N) is 1. The number of ether oxygens (including phenoxy) is 1. The molecule has 0 saturated carbocycles. The zero-order chi connectivity index (χ0) is 15.5. The van der Waals surface area contributed by atoms with Gasteiger partial charge in [0.25, 0.3) is 0 Å². The second kappa shape index (κ2) is 6.77. The number of rotatable bonds is 4. The molecule has 1 aliphatic heterocycles. The lowest BCUT2D eigenvalue weighted by atomic mass is 10.1. The molecule has 1 fully saturated rings. The molecule has 0 aliphatic carbocycles. The number of benzene rings is 1. The predicted molar refractivity (Wildman–Crippen MR) is 75.1 cm³/mol. The fourth-order valence-corrected chi connectivity index (χ4v) is 2.38. The summed E-state index contributed by atoms with van der Waals surface area (Å²) in [7, 11) is 2.05. The van der Waals surface area contributed by atoms with E-state index >= 15 is 0 Å². The lowest BCUT2D eigenvalue weighted by Gasteiger charge is -2.31. The third-order valence-electron chi connectivity index (χ3n) is 3.73. The van der Waals surface area contributed by atoms with Crippen LogP contribution in [-0.4, -0.2) is 44.3 Å². The molecule has 0 radical (unpaired) electrons. The van der Waals surface area contributed by atoms with Crippen LogP contribution in [0.1, 0.15) is 24.1 Å². The quantitative estimate of drug-likeness (QED) is 0.925. The van der Waals surface area contributed by atoms with E-state index in [0.717, 1.165) is 37.4 Å². The van der Waals surface area contributed by atoms with Gasteiger partial charge < -0.3 is 15.0 Å². The highest BCUT2D eigenvalue weighted by Gasteiger charge is 2.30. The summed E-state index contributed by atoms with van der Waals surface area (Å²) in [6.07, 6.45) is -4.16. The molecular weight excluding hydrogens is 281 g/mol. The highest BCUT2D eigenvalue weighted by atomic mass is 19.4. The summed E-state index contributed by atoms with van der Waals surface area (Å²) >= 11 is 0. The number of likely N-dealkylation sites (N-methyl/N-ethyl adjacent to an activating group) is 1. The Morgan fingerprint density at radius 1 is 1.33 bits per heavy atom. The van der Waals surface area contributed by atoms with Crippen LogP contribution in [0.15, 0.2) is 24.3 Å². The number of hydrogen-bond acceptors (Lipinski definition) is 3. The van der Waals surface area contributed by atoms with Crippen molar-refractivity contribution in [1.82, 2.24) is 10.2 Å². The number of hydrogen-bond donors (Lipinski definition) is 1. The van der Waals surface area contributed by atoms with Gasteiger partial charge in [-0.3, -0.25) is 0 Å². The van der Waals surface area contributed by atoms with Crippen LogP contribution in [0.5, 0.6) is 0 Å². The molecule has 0 aromatic heterocycles. The minimum Gasteiger partial charge on any atom is -0.374 e. The Bertz CT molecular complexity index is 447. The van der Waals surface area contributed by atoms with Gasteiger partial charge in [-0.2, -0.15) is 13.2 Å². The largest absolute Gasteiger partial charge is 0.416 e. The van der Waals surface area contributed by atoms with Crippen LogP contribution in [0, 0.1) is 0 Å². The molecule has 118 valence electrons. The standard InChI is InChI=1S/C15H21F3N2O/c1-11(19-9-14-10-20(2)7-8-21-14)12-3-5-13(6-4-12)15(16,17)18/h3-6,11,14,19H,7-10H2,1-2H3/t11-,14+/m0/s1. The van der Waals surface area contributed by atoms with Gasteiger partial charge in [0.05, 0.1) is 18.3 Å². The molecule has 1 heterocycles. The van der Waals surface area contributed by atoms with Crippen molar-refractivity contribution >= 4 is 0 Å². The topological polar surface area (TPSA) is 24.5 Å². The molecule has 2 atom stereocenters. The first-order valence-electron chi connectivity index (χ1n) is 7.07.